The number of aliphatic hydroxyl groups is 1. The average Bonchev–Trinajstić information content (AvgIpc) is 2.74. The van der Waals surface area contributed by atoms with E-state index in [-0.39, 0.29) is 18.3 Å². The molecule has 1 atom stereocenters. The van der Waals surface area contributed by atoms with E-state index in [1.165, 1.54) is 0 Å². The zero-order valence-corrected chi connectivity index (χ0v) is 13.1. The summed E-state index contributed by atoms with van der Waals surface area (Å²) < 4.78 is 3.25. The number of nitrogens with zero attached hydrogens (tertiary/aromatic N) is 1. The van der Waals surface area contributed by atoms with Crippen LogP contribution in [0.5, 0.6) is 0 Å². The molecule has 1 heterocycles. The van der Waals surface area contributed by atoms with Gasteiger partial charge in [0.25, 0.3) is 0 Å². The second kappa shape index (κ2) is 5.34. The highest BCUT2D eigenvalue weighted by molar-refractivity contribution is 9.10. The van der Waals surface area contributed by atoms with Gasteiger partial charge in [0.05, 0.1) is 5.52 Å². The van der Waals surface area contributed by atoms with Crippen molar-refractivity contribution in [1.82, 2.24) is 4.57 Å². The topological polar surface area (TPSA) is 42.2 Å². The predicted molar refractivity (Wildman–Crippen MR) is 83.2 cm³/mol. The molecule has 1 N–H and O–H groups in total. The maximum absolute atomic E-state index is 12.3. The molecule has 20 heavy (non-hydrogen) atoms. The molecular weight excluding hydrogens is 318 g/mol. The second-order valence-corrected chi connectivity index (χ2v) is 6.57. The van der Waals surface area contributed by atoms with Gasteiger partial charge in [-0.1, -0.05) is 28.9 Å². The van der Waals surface area contributed by atoms with Crippen LogP contribution < -0.4 is 0 Å². The molecule has 0 bridgehead atoms. The smallest absolute Gasteiger partial charge is 0.165 e. The minimum atomic E-state index is 0.163. The molecule has 2 aromatic rings. The Morgan fingerprint density at radius 1 is 1.40 bits per heavy atom. The zero-order chi connectivity index (χ0) is 14.3. The van der Waals surface area contributed by atoms with Crippen molar-refractivity contribution in [2.24, 2.45) is 5.92 Å². The number of benzene rings is 1. The largest absolute Gasteiger partial charge is 0.396 e. The van der Waals surface area contributed by atoms with Crippen LogP contribution in [-0.2, 0) is 13.0 Å². The van der Waals surface area contributed by atoms with Crippen molar-refractivity contribution >= 4 is 32.6 Å². The summed E-state index contributed by atoms with van der Waals surface area (Å²) in [6, 6.07) is 6.09. The van der Waals surface area contributed by atoms with Crippen LogP contribution in [0.4, 0.5) is 0 Å². The van der Waals surface area contributed by atoms with Crippen LogP contribution in [0.3, 0.4) is 0 Å². The number of hydrogen-bond acceptors (Lipinski definition) is 2. The zero-order valence-electron chi connectivity index (χ0n) is 11.5. The summed E-state index contributed by atoms with van der Waals surface area (Å²) in [5.41, 5.74) is 3.15. The summed E-state index contributed by atoms with van der Waals surface area (Å²) in [7, 11) is 0. The lowest BCUT2D eigenvalue weighted by molar-refractivity contribution is 0.0973. The summed E-state index contributed by atoms with van der Waals surface area (Å²) in [4.78, 5) is 12.3. The van der Waals surface area contributed by atoms with Gasteiger partial charge in [-0.2, -0.15) is 0 Å². The Morgan fingerprint density at radius 3 is 2.95 bits per heavy atom. The fourth-order valence-corrected chi connectivity index (χ4v) is 3.41. The van der Waals surface area contributed by atoms with Gasteiger partial charge in [-0.3, -0.25) is 4.79 Å². The minimum absolute atomic E-state index is 0.163. The van der Waals surface area contributed by atoms with Gasteiger partial charge in [0, 0.05) is 40.7 Å². The molecule has 0 radical (unpaired) electrons. The van der Waals surface area contributed by atoms with Crippen LogP contribution in [0, 0.1) is 5.92 Å². The second-order valence-electron chi connectivity index (χ2n) is 5.66. The standard InChI is InChI=1S/C16H18BrNO2/c1-10(9-19)8-18-13-3-2-4-15(20)16(13)12-6-5-11(17)7-14(12)18/h5-7,10,19H,2-4,8-9H2,1H3/t10-/m0/s1. The number of hydrogen-bond donors (Lipinski definition) is 1. The summed E-state index contributed by atoms with van der Waals surface area (Å²) in [5.74, 6) is 0.444. The monoisotopic (exact) mass is 335 g/mol. The van der Waals surface area contributed by atoms with Crippen molar-refractivity contribution in [3.8, 4) is 0 Å². The van der Waals surface area contributed by atoms with Crippen LogP contribution in [0.1, 0.15) is 35.8 Å². The van der Waals surface area contributed by atoms with Crippen molar-refractivity contribution in [2.75, 3.05) is 6.61 Å². The van der Waals surface area contributed by atoms with Crippen LogP contribution in [0.2, 0.25) is 0 Å². The Kier molecular flexibility index (Phi) is 3.69. The molecule has 0 spiro atoms. The summed E-state index contributed by atoms with van der Waals surface area (Å²) in [5, 5.41) is 10.4. The van der Waals surface area contributed by atoms with E-state index >= 15 is 0 Å². The van der Waals surface area contributed by atoms with Gasteiger partial charge in [0.15, 0.2) is 5.78 Å². The first-order valence-electron chi connectivity index (χ1n) is 7.06. The third-order valence-corrected chi connectivity index (χ3v) is 4.53. The maximum atomic E-state index is 12.3. The summed E-state index contributed by atoms with van der Waals surface area (Å²) in [6.45, 7) is 2.95. The lowest BCUT2D eigenvalue weighted by Gasteiger charge is -2.17. The lowest BCUT2D eigenvalue weighted by Crippen LogP contribution is -2.17. The predicted octanol–water partition coefficient (Wildman–Crippen LogP) is 3.55. The van der Waals surface area contributed by atoms with Gasteiger partial charge in [-0.15, -0.1) is 0 Å². The fourth-order valence-electron chi connectivity index (χ4n) is 3.07. The van der Waals surface area contributed by atoms with E-state index in [9.17, 15) is 9.90 Å². The highest BCUT2D eigenvalue weighted by Gasteiger charge is 2.26. The molecule has 1 aromatic carbocycles. The number of ketones is 1. The normalized spacial score (nSPS) is 16.4. The number of aliphatic hydroxyl groups excluding tert-OH is 1. The van der Waals surface area contributed by atoms with E-state index in [2.05, 4.69) is 26.6 Å². The van der Waals surface area contributed by atoms with E-state index in [0.29, 0.717) is 6.42 Å². The van der Waals surface area contributed by atoms with Gasteiger partial charge >= 0.3 is 0 Å². The van der Waals surface area contributed by atoms with Gasteiger partial charge in [0.1, 0.15) is 0 Å². The van der Waals surface area contributed by atoms with Crippen molar-refractivity contribution in [3.05, 3.63) is 33.9 Å². The summed E-state index contributed by atoms with van der Waals surface area (Å²) in [6.07, 6.45) is 2.53. The third kappa shape index (κ3) is 2.21. The first kappa shape index (κ1) is 13.8. The number of carbonyl (C=O) groups excluding carboxylic acids is 1. The van der Waals surface area contributed by atoms with E-state index < -0.39 is 0 Å². The van der Waals surface area contributed by atoms with Crippen molar-refractivity contribution < 1.29 is 9.90 Å². The summed E-state index contributed by atoms with van der Waals surface area (Å²) >= 11 is 3.51. The minimum Gasteiger partial charge on any atom is -0.396 e. The number of fused-ring (bicyclic) bond motifs is 3. The van der Waals surface area contributed by atoms with E-state index in [4.69, 9.17) is 0 Å². The molecular formula is C16H18BrNO2. The Bertz CT molecular complexity index is 675. The molecule has 106 valence electrons. The van der Waals surface area contributed by atoms with Gasteiger partial charge in [0.2, 0.25) is 0 Å². The van der Waals surface area contributed by atoms with E-state index in [1.807, 2.05) is 19.1 Å². The molecule has 0 unspecified atom stereocenters. The highest BCUT2D eigenvalue weighted by atomic mass is 79.9. The van der Waals surface area contributed by atoms with Crippen molar-refractivity contribution in [1.29, 1.82) is 0 Å². The molecule has 1 aromatic heterocycles. The molecule has 3 nitrogen and oxygen atoms in total. The molecule has 4 heteroatoms. The molecule has 0 fully saturated rings. The first-order chi connectivity index (χ1) is 9.61. The Hall–Kier alpha value is -1.13. The van der Waals surface area contributed by atoms with Crippen molar-refractivity contribution in [3.63, 3.8) is 0 Å². The van der Waals surface area contributed by atoms with E-state index in [1.54, 1.807) is 0 Å². The van der Waals surface area contributed by atoms with Gasteiger partial charge in [-0.05, 0) is 30.9 Å². The molecule has 1 aliphatic carbocycles. The molecule has 0 amide bonds. The Balaban J connectivity index is 2.25. The number of Topliss-reactive ketones (excluding diaryl/α,β-unsaturated/α-hetero) is 1. The SMILES string of the molecule is C[C@H](CO)Cn1c2c(c3ccc(Br)cc31)C(=O)CCC2. The average molecular weight is 336 g/mol. The Morgan fingerprint density at radius 2 is 2.20 bits per heavy atom. The van der Waals surface area contributed by atoms with Crippen LogP contribution in [0.25, 0.3) is 10.9 Å². The maximum Gasteiger partial charge on any atom is 0.165 e. The molecule has 3 rings (SSSR count). The van der Waals surface area contributed by atoms with Crippen LogP contribution in [0.15, 0.2) is 22.7 Å². The number of carbonyl (C=O) groups is 1. The molecule has 0 aliphatic heterocycles. The van der Waals surface area contributed by atoms with Crippen LogP contribution in [-0.4, -0.2) is 22.1 Å². The third-order valence-electron chi connectivity index (χ3n) is 4.04. The molecule has 0 saturated heterocycles. The lowest BCUT2D eigenvalue weighted by atomic mass is 9.94. The van der Waals surface area contributed by atoms with Gasteiger partial charge < -0.3 is 9.67 Å². The number of aromatic nitrogens is 1. The van der Waals surface area contributed by atoms with Crippen LogP contribution >= 0.6 is 15.9 Å². The highest BCUT2D eigenvalue weighted by Crippen LogP contribution is 2.34. The molecule has 1 aliphatic rings. The quantitative estimate of drug-likeness (QED) is 0.931. The first-order valence-corrected chi connectivity index (χ1v) is 7.85. The number of rotatable bonds is 3. The molecule has 0 saturated carbocycles. The van der Waals surface area contributed by atoms with E-state index in [0.717, 1.165) is 46.0 Å². The Labute approximate surface area is 126 Å². The number of halogens is 1. The van der Waals surface area contributed by atoms with Gasteiger partial charge in [-0.25, -0.2) is 0 Å². The fraction of sp³-hybridized carbons (Fsp3) is 0.438. The van der Waals surface area contributed by atoms with Crippen molar-refractivity contribution in [2.45, 2.75) is 32.7 Å².